The second-order valence-corrected chi connectivity index (χ2v) is 8.85. The second-order valence-electron chi connectivity index (χ2n) is 8.85. The van der Waals surface area contributed by atoms with Crippen molar-refractivity contribution >= 4 is 16.6 Å². The Hall–Kier alpha value is -1.78. The first-order chi connectivity index (χ1) is 12.0. The normalized spacial score (nSPS) is 30.1. The molecule has 2 bridgehead atoms. The van der Waals surface area contributed by atoms with E-state index in [9.17, 15) is 13.2 Å². The van der Waals surface area contributed by atoms with Crippen LogP contribution < -0.4 is 5.32 Å². The van der Waals surface area contributed by atoms with E-state index in [1.54, 1.807) is 6.07 Å². The molecule has 1 aromatic carbocycles. The van der Waals surface area contributed by atoms with Crippen LogP contribution in [0.4, 0.5) is 18.9 Å². The lowest BCUT2D eigenvalue weighted by atomic mass is 9.69. The van der Waals surface area contributed by atoms with Crippen molar-refractivity contribution in [1.82, 2.24) is 4.98 Å². The number of fused-ring (bicyclic) bond motifs is 3. The Balaban J connectivity index is 1.74. The minimum Gasteiger partial charge on any atom is -0.381 e. The maximum Gasteiger partial charge on any atom is 0.416 e. The first-order valence-corrected chi connectivity index (χ1v) is 9.27. The second kappa shape index (κ2) is 5.37. The van der Waals surface area contributed by atoms with Crippen LogP contribution in [-0.2, 0) is 6.18 Å². The third-order valence-electron chi connectivity index (χ3n) is 7.39. The lowest BCUT2D eigenvalue weighted by Gasteiger charge is -2.40. The molecule has 0 saturated heterocycles. The highest BCUT2D eigenvalue weighted by molar-refractivity contribution is 5.92. The van der Waals surface area contributed by atoms with E-state index in [2.05, 4.69) is 31.1 Å². The SMILES string of the molecule is Cc1cc(NC2CC3CCC2(C)C3(C)C)c2ccc(C(F)(F)F)cc2n1. The zero-order valence-electron chi connectivity index (χ0n) is 15.7. The fourth-order valence-corrected chi connectivity index (χ4v) is 5.27. The summed E-state index contributed by atoms with van der Waals surface area (Å²) in [5.41, 5.74) is 1.86. The van der Waals surface area contributed by atoms with E-state index in [0.29, 0.717) is 17.5 Å². The number of hydrogen-bond donors (Lipinski definition) is 1. The highest BCUT2D eigenvalue weighted by Gasteiger charge is 2.61. The molecule has 1 aromatic heterocycles. The van der Waals surface area contributed by atoms with Crippen molar-refractivity contribution in [3.63, 3.8) is 0 Å². The van der Waals surface area contributed by atoms with Crippen LogP contribution in [-0.4, -0.2) is 11.0 Å². The average molecular weight is 362 g/mol. The third-order valence-corrected chi connectivity index (χ3v) is 7.39. The number of aromatic nitrogens is 1. The number of benzene rings is 1. The molecule has 0 radical (unpaired) electrons. The summed E-state index contributed by atoms with van der Waals surface area (Å²) in [5, 5.41) is 4.45. The molecule has 4 rings (SSSR count). The van der Waals surface area contributed by atoms with Gasteiger partial charge in [-0.05, 0) is 61.1 Å². The van der Waals surface area contributed by atoms with Gasteiger partial charge in [-0.25, -0.2) is 0 Å². The van der Waals surface area contributed by atoms with Gasteiger partial charge in [0.15, 0.2) is 0 Å². The molecule has 2 saturated carbocycles. The first-order valence-electron chi connectivity index (χ1n) is 9.27. The zero-order chi connectivity index (χ0) is 18.9. The molecule has 26 heavy (non-hydrogen) atoms. The molecule has 2 fully saturated rings. The predicted molar refractivity (Wildman–Crippen MR) is 98.1 cm³/mol. The van der Waals surface area contributed by atoms with Gasteiger partial charge in [0.1, 0.15) is 0 Å². The summed E-state index contributed by atoms with van der Waals surface area (Å²) in [5.74, 6) is 0.705. The molecular weight excluding hydrogens is 337 g/mol. The van der Waals surface area contributed by atoms with E-state index < -0.39 is 11.7 Å². The number of hydrogen-bond acceptors (Lipinski definition) is 2. The molecule has 1 heterocycles. The minimum atomic E-state index is -4.35. The molecule has 2 aliphatic carbocycles. The summed E-state index contributed by atoms with van der Waals surface area (Å²) < 4.78 is 39.1. The van der Waals surface area contributed by atoms with Gasteiger partial charge in [0, 0.05) is 22.8 Å². The number of anilines is 1. The highest BCUT2D eigenvalue weighted by Crippen LogP contribution is 2.66. The molecule has 2 aromatic rings. The van der Waals surface area contributed by atoms with Crippen molar-refractivity contribution in [3.8, 4) is 0 Å². The summed E-state index contributed by atoms with van der Waals surface area (Å²) in [6, 6.07) is 6.14. The van der Waals surface area contributed by atoms with Crippen molar-refractivity contribution in [2.24, 2.45) is 16.7 Å². The van der Waals surface area contributed by atoms with Crippen molar-refractivity contribution in [3.05, 3.63) is 35.5 Å². The van der Waals surface area contributed by atoms with E-state index >= 15 is 0 Å². The summed E-state index contributed by atoms with van der Waals surface area (Å²) in [4.78, 5) is 4.34. The van der Waals surface area contributed by atoms with Gasteiger partial charge in [0.05, 0.1) is 11.1 Å². The molecule has 3 atom stereocenters. The Morgan fingerprint density at radius 2 is 1.88 bits per heavy atom. The largest absolute Gasteiger partial charge is 0.416 e. The Kier molecular flexibility index (Phi) is 3.64. The molecule has 2 aliphatic rings. The van der Waals surface area contributed by atoms with Crippen molar-refractivity contribution in [2.75, 3.05) is 5.32 Å². The molecule has 0 amide bonds. The average Bonchev–Trinajstić information content (AvgIpc) is 2.86. The van der Waals surface area contributed by atoms with Crippen LogP contribution in [0, 0.1) is 23.7 Å². The minimum absolute atomic E-state index is 0.201. The quantitative estimate of drug-likeness (QED) is 0.689. The van der Waals surface area contributed by atoms with E-state index in [1.165, 1.54) is 12.8 Å². The van der Waals surface area contributed by atoms with Crippen LogP contribution >= 0.6 is 0 Å². The first kappa shape index (κ1) is 17.6. The van der Waals surface area contributed by atoms with Gasteiger partial charge < -0.3 is 5.32 Å². The van der Waals surface area contributed by atoms with E-state index in [-0.39, 0.29) is 10.8 Å². The maximum absolute atomic E-state index is 13.0. The monoisotopic (exact) mass is 362 g/mol. The van der Waals surface area contributed by atoms with Crippen molar-refractivity contribution < 1.29 is 13.2 Å². The van der Waals surface area contributed by atoms with Crippen LogP contribution in [0.1, 0.15) is 51.3 Å². The van der Waals surface area contributed by atoms with Gasteiger partial charge in [-0.1, -0.05) is 26.8 Å². The van der Waals surface area contributed by atoms with Gasteiger partial charge >= 0.3 is 6.18 Å². The van der Waals surface area contributed by atoms with Gasteiger partial charge in [-0.2, -0.15) is 13.2 Å². The van der Waals surface area contributed by atoms with Crippen LogP contribution in [0.2, 0.25) is 0 Å². The van der Waals surface area contributed by atoms with Gasteiger partial charge in [0.2, 0.25) is 0 Å². The van der Waals surface area contributed by atoms with Crippen LogP contribution in [0.5, 0.6) is 0 Å². The summed E-state index contributed by atoms with van der Waals surface area (Å²) >= 11 is 0. The zero-order valence-corrected chi connectivity index (χ0v) is 15.7. The number of alkyl halides is 3. The molecular formula is C21H25F3N2. The fraction of sp³-hybridized carbons (Fsp3) is 0.571. The van der Waals surface area contributed by atoms with E-state index in [0.717, 1.165) is 35.3 Å². The van der Waals surface area contributed by atoms with Gasteiger partial charge in [-0.15, -0.1) is 0 Å². The Morgan fingerprint density at radius 3 is 2.46 bits per heavy atom. The number of rotatable bonds is 2. The third kappa shape index (κ3) is 2.43. The summed E-state index contributed by atoms with van der Waals surface area (Å²) in [7, 11) is 0. The predicted octanol–water partition coefficient (Wildman–Crippen LogP) is 6.19. The lowest BCUT2D eigenvalue weighted by Crippen LogP contribution is -2.40. The Morgan fingerprint density at radius 1 is 1.15 bits per heavy atom. The standard InChI is InChI=1S/C21H25F3N2/c1-12-9-16(15-6-5-14(21(22,23)24)10-17(15)25-12)26-18-11-13-7-8-20(18,4)19(13,2)3/h5-6,9-10,13,18H,7-8,11H2,1-4H3,(H,25,26). The number of aryl methyl sites for hydroxylation is 1. The van der Waals surface area contributed by atoms with Crippen molar-refractivity contribution in [2.45, 2.75) is 59.2 Å². The Bertz CT molecular complexity index is 871. The molecule has 5 heteroatoms. The number of halogens is 3. The van der Waals surface area contributed by atoms with Gasteiger partial charge in [-0.3, -0.25) is 4.98 Å². The molecule has 3 unspecified atom stereocenters. The van der Waals surface area contributed by atoms with Crippen LogP contribution in [0.3, 0.4) is 0 Å². The molecule has 0 aliphatic heterocycles. The van der Waals surface area contributed by atoms with Crippen LogP contribution in [0.25, 0.3) is 10.9 Å². The highest BCUT2D eigenvalue weighted by atomic mass is 19.4. The van der Waals surface area contributed by atoms with Crippen molar-refractivity contribution in [1.29, 1.82) is 0 Å². The number of nitrogens with one attached hydrogen (secondary N) is 1. The molecule has 1 N–H and O–H groups in total. The lowest BCUT2D eigenvalue weighted by molar-refractivity contribution is -0.137. The molecule has 2 nitrogen and oxygen atoms in total. The smallest absolute Gasteiger partial charge is 0.381 e. The fourth-order valence-electron chi connectivity index (χ4n) is 5.27. The number of pyridine rings is 1. The summed E-state index contributed by atoms with van der Waals surface area (Å²) in [6.45, 7) is 8.91. The maximum atomic E-state index is 13.0. The molecule has 140 valence electrons. The topological polar surface area (TPSA) is 24.9 Å². The summed E-state index contributed by atoms with van der Waals surface area (Å²) in [6.07, 6.45) is -0.766. The molecule has 0 spiro atoms. The van der Waals surface area contributed by atoms with E-state index in [1.807, 2.05) is 13.0 Å². The Labute approximate surface area is 152 Å². The van der Waals surface area contributed by atoms with Gasteiger partial charge in [0.25, 0.3) is 0 Å². The van der Waals surface area contributed by atoms with E-state index in [4.69, 9.17) is 0 Å². The number of nitrogens with zero attached hydrogens (tertiary/aromatic N) is 1. The van der Waals surface area contributed by atoms with Crippen LogP contribution in [0.15, 0.2) is 24.3 Å².